The second kappa shape index (κ2) is 5.29. The molecule has 0 heterocycles. The molecule has 0 aromatic heterocycles. The number of nitrogens with zero attached hydrogens (tertiary/aromatic N) is 1. The van der Waals surface area contributed by atoms with Crippen LogP contribution in [0.15, 0.2) is 24.3 Å². The van der Waals surface area contributed by atoms with Gasteiger partial charge < -0.3 is 4.74 Å². The average molecular weight is 244 g/mol. The number of hydrogen-bond acceptors (Lipinski definition) is 3. The van der Waals surface area contributed by atoms with Crippen LogP contribution in [0.5, 0.6) is 5.75 Å². The molecule has 2 N–H and O–H groups in total. The van der Waals surface area contributed by atoms with Crippen molar-refractivity contribution >= 4 is 10.2 Å². The first-order chi connectivity index (χ1) is 7.45. The van der Waals surface area contributed by atoms with E-state index in [0.29, 0.717) is 12.4 Å². The van der Waals surface area contributed by atoms with E-state index < -0.39 is 10.2 Å². The molecular formula is C10H16N2O3S. The van der Waals surface area contributed by atoms with E-state index in [1.165, 1.54) is 7.05 Å². The minimum Gasteiger partial charge on any atom is -0.494 e. The van der Waals surface area contributed by atoms with Crippen molar-refractivity contribution in [2.45, 2.75) is 13.5 Å². The lowest BCUT2D eigenvalue weighted by Crippen LogP contribution is -2.32. The highest BCUT2D eigenvalue weighted by molar-refractivity contribution is 7.86. The van der Waals surface area contributed by atoms with E-state index in [-0.39, 0.29) is 6.54 Å². The molecule has 0 amide bonds. The molecule has 0 unspecified atom stereocenters. The molecular weight excluding hydrogens is 228 g/mol. The Kier molecular flexibility index (Phi) is 4.28. The van der Waals surface area contributed by atoms with Gasteiger partial charge in [0.25, 0.3) is 10.2 Å². The van der Waals surface area contributed by atoms with Crippen molar-refractivity contribution in [3.05, 3.63) is 29.8 Å². The van der Waals surface area contributed by atoms with Gasteiger partial charge in [-0.1, -0.05) is 18.2 Å². The maximum Gasteiger partial charge on any atom is 0.276 e. The van der Waals surface area contributed by atoms with Gasteiger partial charge in [-0.2, -0.15) is 12.7 Å². The smallest absolute Gasteiger partial charge is 0.276 e. The number of hydrogen-bond donors (Lipinski definition) is 1. The Morgan fingerprint density at radius 1 is 1.38 bits per heavy atom. The van der Waals surface area contributed by atoms with Crippen molar-refractivity contribution in [1.29, 1.82) is 0 Å². The van der Waals surface area contributed by atoms with Gasteiger partial charge in [-0.05, 0) is 13.0 Å². The molecule has 1 aromatic carbocycles. The summed E-state index contributed by atoms with van der Waals surface area (Å²) >= 11 is 0. The lowest BCUT2D eigenvalue weighted by molar-refractivity contribution is 0.332. The SMILES string of the molecule is CCOc1ccccc1CN(C)S(N)(=O)=O. The normalized spacial score (nSPS) is 11.8. The lowest BCUT2D eigenvalue weighted by Gasteiger charge is -2.16. The molecule has 0 spiro atoms. The van der Waals surface area contributed by atoms with E-state index in [1.54, 1.807) is 6.07 Å². The zero-order chi connectivity index (χ0) is 12.2. The maximum absolute atomic E-state index is 11.1. The Hall–Kier alpha value is -1.11. The lowest BCUT2D eigenvalue weighted by atomic mass is 10.2. The topological polar surface area (TPSA) is 72.6 Å². The van der Waals surface area contributed by atoms with E-state index in [2.05, 4.69) is 0 Å². The molecule has 0 saturated carbocycles. The number of nitrogens with two attached hydrogens (primary N) is 1. The van der Waals surface area contributed by atoms with Crippen LogP contribution in [0.4, 0.5) is 0 Å². The molecule has 0 saturated heterocycles. The third-order valence-electron chi connectivity index (χ3n) is 2.10. The summed E-state index contributed by atoms with van der Waals surface area (Å²) in [6.07, 6.45) is 0. The maximum atomic E-state index is 11.1. The Morgan fingerprint density at radius 3 is 2.56 bits per heavy atom. The molecule has 1 aromatic rings. The molecule has 5 nitrogen and oxygen atoms in total. The quantitative estimate of drug-likeness (QED) is 0.829. The highest BCUT2D eigenvalue weighted by atomic mass is 32.2. The van der Waals surface area contributed by atoms with Gasteiger partial charge in [0.2, 0.25) is 0 Å². The van der Waals surface area contributed by atoms with Crippen molar-refractivity contribution in [2.24, 2.45) is 5.14 Å². The van der Waals surface area contributed by atoms with Crippen LogP contribution in [0.3, 0.4) is 0 Å². The van der Waals surface area contributed by atoms with Crippen LogP contribution in [0, 0.1) is 0 Å². The van der Waals surface area contributed by atoms with Crippen molar-refractivity contribution in [2.75, 3.05) is 13.7 Å². The molecule has 0 atom stereocenters. The zero-order valence-corrected chi connectivity index (χ0v) is 10.2. The zero-order valence-electron chi connectivity index (χ0n) is 9.38. The van der Waals surface area contributed by atoms with Crippen LogP contribution in [0.2, 0.25) is 0 Å². The number of rotatable bonds is 5. The Morgan fingerprint density at radius 2 is 2.00 bits per heavy atom. The summed E-state index contributed by atoms with van der Waals surface area (Å²) in [5.41, 5.74) is 0.792. The van der Waals surface area contributed by atoms with E-state index in [9.17, 15) is 8.42 Å². The summed E-state index contributed by atoms with van der Waals surface area (Å²) in [6.45, 7) is 2.62. The second-order valence-corrected chi connectivity index (χ2v) is 5.00. The molecule has 6 heteroatoms. The Bertz CT molecular complexity index is 445. The van der Waals surface area contributed by atoms with Crippen molar-refractivity contribution in [3.8, 4) is 5.75 Å². The van der Waals surface area contributed by atoms with Crippen LogP contribution in [0.1, 0.15) is 12.5 Å². The van der Waals surface area contributed by atoms with Crippen molar-refractivity contribution in [1.82, 2.24) is 4.31 Å². The minimum atomic E-state index is -3.65. The highest BCUT2D eigenvalue weighted by Gasteiger charge is 2.14. The molecule has 1 rings (SSSR count). The summed E-state index contributed by atoms with van der Waals surface area (Å²) in [6, 6.07) is 7.28. The van der Waals surface area contributed by atoms with Gasteiger partial charge in [0.05, 0.1) is 6.61 Å². The largest absolute Gasteiger partial charge is 0.494 e. The molecule has 0 radical (unpaired) electrons. The number of benzene rings is 1. The fourth-order valence-electron chi connectivity index (χ4n) is 1.26. The van der Waals surface area contributed by atoms with Crippen LogP contribution in [0.25, 0.3) is 0 Å². The standard InChI is InChI=1S/C10H16N2O3S/c1-3-15-10-7-5-4-6-9(10)8-12(2)16(11,13)14/h4-7H,3,8H2,1-2H3,(H2,11,13,14). The molecule has 16 heavy (non-hydrogen) atoms. The predicted octanol–water partition coefficient (Wildman–Crippen LogP) is 0.721. The molecule has 0 fully saturated rings. The van der Waals surface area contributed by atoms with Crippen molar-refractivity contribution in [3.63, 3.8) is 0 Å². The third kappa shape index (κ3) is 3.48. The average Bonchev–Trinajstić information content (AvgIpc) is 2.20. The van der Waals surface area contributed by atoms with E-state index >= 15 is 0 Å². The van der Waals surface area contributed by atoms with Gasteiger partial charge in [-0.3, -0.25) is 0 Å². The summed E-state index contributed by atoms with van der Waals surface area (Å²) in [4.78, 5) is 0. The van der Waals surface area contributed by atoms with Gasteiger partial charge in [0, 0.05) is 19.2 Å². The van der Waals surface area contributed by atoms with Gasteiger partial charge in [0.1, 0.15) is 5.75 Å². The first-order valence-electron chi connectivity index (χ1n) is 4.90. The van der Waals surface area contributed by atoms with E-state index in [4.69, 9.17) is 9.88 Å². The predicted molar refractivity (Wildman–Crippen MR) is 62.2 cm³/mol. The molecule has 0 aliphatic heterocycles. The molecule has 0 aliphatic rings. The van der Waals surface area contributed by atoms with Gasteiger partial charge >= 0.3 is 0 Å². The first-order valence-corrected chi connectivity index (χ1v) is 6.40. The summed E-state index contributed by atoms with van der Waals surface area (Å²) < 4.78 is 28.6. The van der Waals surface area contributed by atoms with Gasteiger partial charge in [-0.25, -0.2) is 5.14 Å². The highest BCUT2D eigenvalue weighted by Crippen LogP contribution is 2.19. The molecule has 0 bridgehead atoms. The number of ether oxygens (including phenoxy) is 1. The minimum absolute atomic E-state index is 0.203. The van der Waals surface area contributed by atoms with Gasteiger partial charge in [-0.15, -0.1) is 0 Å². The van der Waals surface area contributed by atoms with E-state index in [1.807, 2.05) is 25.1 Å². The van der Waals surface area contributed by atoms with Crippen molar-refractivity contribution < 1.29 is 13.2 Å². The fraction of sp³-hybridized carbons (Fsp3) is 0.400. The van der Waals surface area contributed by atoms with Crippen LogP contribution in [-0.4, -0.2) is 26.4 Å². The summed E-state index contributed by atoms with van der Waals surface area (Å²) in [5.74, 6) is 0.681. The van der Waals surface area contributed by atoms with Crippen LogP contribution >= 0.6 is 0 Å². The molecule has 90 valence electrons. The molecule has 0 aliphatic carbocycles. The summed E-state index contributed by atoms with van der Waals surface area (Å²) in [5, 5.41) is 5.01. The second-order valence-electron chi connectivity index (χ2n) is 3.34. The first kappa shape index (κ1) is 13.0. The third-order valence-corrected chi connectivity index (χ3v) is 3.10. The summed E-state index contributed by atoms with van der Waals surface area (Å²) in [7, 11) is -2.23. The van der Waals surface area contributed by atoms with E-state index in [0.717, 1.165) is 9.87 Å². The Balaban J connectivity index is 2.88. The fourth-order valence-corrected chi connectivity index (χ4v) is 1.58. The monoisotopic (exact) mass is 244 g/mol. The Labute approximate surface area is 96.0 Å². The van der Waals surface area contributed by atoms with Crippen LogP contribution < -0.4 is 9.88 Å². The van der Waals surface area contributed by atoms with Gasteiger partial charge in [0.15, 0.2) is 0 Å². The van der Waals surface area contributed by atoms with Crippen LogP contribution in [-0.2, 0) is 16.8 Å². The number of para-hydroxylation sites is 1.